The number of hydrogen-bond donors (Lipinski definition) is 1. The fourth-order valence-corrected chi connectivity index (χ4v) is 5.55. The summed E-state index contributed by atoms with van der Waals surface area (Å²) in [5.41, 5.74) is 3.28. The maximum absolute atomic E-state index is 13.1. The number of nitrogens with one attached hydrogen (secondary N) is 1. The van der Waals surface area contributed by atoms with E-state index in [-0.39, 0.29) is 5.75 Å². The van der Waals surface area contributed by atoms with E-state index in [1.165, 1.54) is 18.2 Å². The number of nitrogens with zero attached hydrogens (tertiary/aromatic N) is 2. The zero-order valence-electron chi connectivity index (χ0n) is 25.3. The normalized spacial score (nSPS) is 12.0. The number of aryl methyl sites for hydroxylation is 1. The van der Waals surface area contributed by atoms with Gasteiger partial charge in [0.25, 0.3) is 0 Å². The van der Waals surface area contributed by atoms with Gasteiger partial charge in [-0.2, -0.15) is 8.78 Å². The number of hydrogen-bond acceptors (Lipinski definition) is 6. The lowest BCUT2D eigenvalue weighted by molar-refractivity contribution is -0.111. The number of amides is 1. The van der Waals surface area contributed by atoms with E-state index < -0.39 is 23.7 Å². The third-order valence-electron chi connectivity index (χ3n) is 6.60. The second-order valence-electron chi connectivity index (χ2n) is 10.0. The molecule has 0 bridgehead atoms. The summed E-state index contributed by atoms with van der Waals surface area (Å²) in [6.45, 7) is 3.53. The number of rotatable bonds is 17. The van der Waals surface area contributed by atoms with E-state index >= 15 is 0 Å². The lowest BCUT2D eigenvalue weighted by Gasteiger charge is -2.12. The number of benzene rings is 3. The molecule has 0 saturated carbocycles. The van der Waals surface area contributed by atoms with Crippen molar-refractivity contribution >= 4 is 28.8 Å². The smallest absolute Gasteiger partial charge is 0.387 e. The largest absolute Gasteiger partial charge is 0.611 e. The van der Waals surface area contributed by atoms with Crippen molar-refractivity contribution < 1.29 is 32.3 Å². The van der Waals surface area contributed by atoms with Crippen molar-refractivity contribution in [3.05, 3.63) is 96.6 Å². The van der Waals surface area contributed by atoms with E-state index in [1.807, 2.05) is 35.8 Å². The zero-order chi connectivity index (χ0) is 32.0. The molecule has 1 aromatic heterocycles. The summed E-state index contributed by atoms with van der Waals surface area (Å²) >= 11 is -1.28. The SMILES string of the molecule is CCCOCCOc1ccc(-c2ccc(OC(F)F)c(/C=C/C(=O)Nc3ccc([S+]([O-])Cc4cncn4CCC)cc3)c2)cc1. The maximum atomic E-state index is 13.1. The molecule has 11 heteroatoms. The molecular formula is C34H37F2N3O5S. The highest BCUT2D eigenvalue weighted by molar-refractivity contribution is 7.90. The fraction of sp³-hybridized carbons (Fsp3) is 0.294. The molecule has 1 N–H and O–H groups in total. The average molecular weight is 638 g/mol. The van der Waals surface area contributed by atoms with Gasteiger partial charge in [-0.15, -0.1) is 0 Å². The van der Waals surface area contributed by atoms with Crippen LogP contribution in [-0.2, 0) is 33.0 Å². The Morgan fingerprint density at radius 1 is 1.00 bits per heavy atom. The molecule has 1 amide bonds. The average Bonchev–Trinajstić information content (AvgIpc) is 3.47. The summed E-state index contributed by atoms with van der Waals surface area (Å²) in [5.74, 6) is 0.498. The van der Waals surface area contributed by atoms with Crippen LogP contribution in [0, 0.1) is 0 Å². The lowest BCUT2D eigenvalue weighted by atomic mass is 10.0. The molecule has 1 heterocycles. The van der Waals surface area contributed by atoms with Crippen LogP contribution in [-0.4, -0.2) is 46.4 Å². The Kier molecular flexibility index (Phi) is 13.0. The first kappa shape index (κ1) is 33.7. The number of alkyl halides is 2. The van der Waals surface area contributed by atoms with Crippen LogP contribution in [0.3, 0.4) is 0 Å². The molecule has 1 unspecified atom stereocenters. The van der Waals surface area contributed by atoms with Gasteiger partial charge >= 0.3 is 6.61 Å². The molecule has 4 aromatic rings. The second kappa shape index (κ2) is 17.3. The van der Waals surface area contributed by atoms with Crippen LogP contribution in [0.1, 0.15) is 37.9 Å². The van der Waals surface area contributed by atoms with Crippen molar-refractivity contribution in [1.82, 2.24) is 9.55 Å². The summed E-state index contributed by atoms with van der Waals surface area (Å²) in [6, 6.07) is 18.9. The predicted molar refractivity (Wildman–Crippen MR) is 172 cm³/mol. The van der Waals surface area contributed by atoms with Crippen molar-refractivity contribution in [3.63, 3.8) is 0 Å². The van der Waals surface area contributed by atoms with Gasteiger partial charge in [0.1, 0.15) is 18.1 Å². The first-order chi connectivity index (χ1) is 21.9. The first-order valence-electron chi connectivity index (χ1n) is 14.7. The van der Waals surface area contributed by atoms with Gasteiger partial charge in [0.15, 0.2) is 10.6 Å². The standard InChI is InChI=1S/C34H37F2N3O5S/c1-3-17-39-24-37-22-29(39)23-45(41)31-13-9-28(10-14-31)38-33(40)16-8-27-21-26(7-15-32(27)44-34(35)36)25-5-11-30(12-6-25)43-20-19-42-18-4-2/h5-16,21-22,24,34H,3-4,17-20,23H2,1-2H3,(H,38,40)/b16-8+. The van der Waals surface area contributed by atoms with Gasteiger partial charge in [0.2, 0.25) is 5.91 Å². The number of halogens is 2. The molecular weight excluding hydrogens is 600 g/mol. The number of ether oxygens (including phenoxy) is 3. The molecule has 8 nitrogen and oxygen atoms in total. The van der Waals surface area contributed by atoms with Gasteiger partial charge in [-0.05, 0) is 89.8 Å². The topological polar surface area (TPSA) is 97.7 Å². The molecule has 0 aliphatic rings. The van der Waals surface area contributed by atoms with Crippen molar-refractivity contribution in [2.75, 3.05) is 25.1 Å². The van der Waals surface area contributed by atoms with Gasteiger partial charge in [-0.25, -0.2) is 4.98 Å². The van der Waals surface area contributed by atoms with Crippen LogP contribution in [0.25, 0.3) is 17.2 Å². The van der Waals surface area contributed by atoms with E-state index in [0.29, 0.717) is 47.5 Å². The van der Waals surface area contributed by atoms with Crippen molar-refractivity contribution in [2.24, 2.45) is 0 Å². The van der Waals surface area contributed by atoms with Crippen LogP contribution in [0.2, 0.25) is 0 Å². The van der Waals surface area contributed by atoms with E-state index in [0.717, 1.165) is 36.2 Å². The number of aromatic nitrogens is 2. The second-order valence-corrected chi connectivity index (χ2v) is 11.5. The highest BCUT2D eigenvalue weighted by Gasteiger charge is 2.15. The summed E-state index contributed by atoms with van der Waals surface area (Å²) < 4.78 is 56.9. The van der Waals surface area contributed by atoms with Gasteiger partial charge < -0.3 is 28.6 Å². The maximum Gasteiger partial charge on any atom is 0.387 e. The molecule has 0 aliphatic carbocycles. The Labute approximate surface area is 265 Å². The highest BCUT2D eigenvalue weighted by atomic mass is 32.2. The molecule has 3 aromatic carbocycles. The fourth-order valence-electron chi connectivity index (χ4n) is 4.44. The first-order valence-corrected chi connectivity index (χ1v) is 16.0. The summed E-state index contributed by atoms with van der Waals surface area (Å²) in [6.07, 6.45) is 8.03. The van der Waals surface area contributed by atoms with Crippen molar-refractivity contribution in [1.29, 1.82) is 0 Å². The monoisotopic (exact) mass is 637 g/mol. The van der Waals surface area contributed by atoms with E-state index in [4.69, 9.17) is 9.47 Å². The third-order valence-corrected chi connectivity index (χ3v) is 7.96. The number of anilines is 1. The van der Waals surface area contributed by atoms with Crippen molar-refractivity contribution in [2.45, 2.75) is 50.5 Å². The van der Waals surface area contributed by atoms with Crippen LogP contribution in [0.5, 0.6) is 11.5 Å². The van der Waals surface area contributed by atoms with Gasteiger partial charge in [-0.3, -0.25) is 4.79 Å². The molecule has 1 atom stereocenters. The Morgan fingerprint density at radius 3 is 2.47 bits per heavy atom. The number of carbonyl (C=O) groups is 1. The Hall–Kier alpha value is -4.19. The van der Waals surface area contributed by atoms with Crippen LogP contribution < -0.4 is 14.8 Å². The quantitative estimate of drug-likeness (QED) is 0.0740. The summed E-state index contributed by atoms with van der Waals surface area (Å²) in [7, 11) is 0. The lowest BCUT2D eigenvalue weighted by Crippen LogP contribution is -2.11. The molecule has 45 heavy (non-hydrogen) atoms. The molecule has 4 rings (SSSR count). The Bertz CT molecular complexity index is 1530. The van der Waals surface area contributed by atoms with Crippen LogP contribution in [0.15, 0.2) is 90.2 Å². The summed E-state index contributed by atoms with van der Waals surface area (Å²) in [4.78, 5) is 17.5. The molecule has 0 fully saturated rings. The van der Waals surface area contributed by atoms with Gasteiger partial charge in [0, 0.05) is 30.5 Å². The minimum absolute atomic E-state index is 0.0584. The zero-order valence-corrected chi connectivity index (χ0v) is 26.1. The predicted octanol–water partition coefficient (Wildman–Crippen LogP) is 7.33. The Morgan fingerprint density at radius 2 is 1.76 bits per heavy atom. The molecule has 0 radical (unpaired) electrons. The molecule has 0 spiro atoms. The minimum atomic E-state index is -3.02. The van der Waals surface area contributed by atoms with E-state index in [9.17, 15) is 18.1 Å². The summed E-state index contributed by atoms with van der Waals surface area (Å²) in [5, 5.41) is 2.74. The molecule has 238 valence electrons. The van der Waals surface area contributed by atoms with Gasteiger partial charge in [-0.1, -0.05) is 32.0 Å². The van der Waals surface area contributed by atoms with Crippen molar-refractivity contribution in [3.8, 4) is 22.6 Å². The van der Waals surface area contributed by atoms with E-state index in [2.05, 4.69) is 22.0 Å². The third kappa shape index (κ3) is 10.4. The minimum Gasteiger partial charge on any atom is -0.611 e. The van der Waals surface area contributed by atoms with Gasteiger partial charge in [0.05, 0.1) is 24.8 Å². The molecule has 0 saturated heterocycles. The number of carbonyl (C=O) groups excluding carboxylic acids is 1. The highest BCUT2D eigenvalue weighted by Crippen LogP contribution is 2.30. The van der Waals surface area contributed by atoms with Crippen LogP contribution in [0.4, 0.5) is 14.5 Å². The van der Waals surface area contributed by atoms with E-state index in [1.54, 1.807) is 48.9 Å². The number of imidazole rings is 1. The molecule has 0 aliphatic heterocycles. The van der Waals surface area contributed by atoms with Crippen LogP contribution >= 0.6 is 0 Å². The Balaban J connectivity index is 1.39.